The summed E-state index contributed by atoms with van der Waals surface area (Å²) in [4.78, 5) is 15.7. The van der Waals surface area contributed by atoms with Gasteiger partial charge in [0.25, 0.3) is 0 Å². The van der Waals surface area contributed by atoms with Crippen LogP contribution in [-0.2, 0) is 11.2 Å². The molecule has 1 aromatic rings. The maximum atomic E-state index is 11.4. The van der Waals surface area contributed by atoms with Gasteiger partial charge in [-0.1, -0.05) is 26.7 Å². The number of benzene rings is 1. The Bertz CT molecular complexity index is 634. The molecule has 0 aromatic heterocycles. The van der Waals surface area contributed by atoms with Crippen molar-refractivity contribution in [2.24, 2.45) is 16.6 Å². The number of halogens is 1. The van der Waals surface area contributed by atoms with Gasteiger partial charge in [-0.25, -0.2) is 4.99 Å². The first kappa shape index (κ1) is 23.5. The molecular weight excluding hydrogens is 455 g/mol. The molecule has 1 heterocycles. The lowest BCUT2D eigenvalue weighted by molar-refractivity contribution is -0.116. The van der Waals surface area contributed by atoms with Crippen molar-refractivity contribution in [2.75, 3.05) is 18.5 Å². The number of anilines is 1. The van der Waals surface area contributed by atoms with Gasteiger partial charge in [-0.05, 0) is 49.4 Å². The highest BCUT2D eigenvalue weighted by Gasteiger charge is 2.14. The van der Waals surface area contributed by atoms with Crippen LogP contribution in [0.4, 0.5) is 5.69 Å². The number of amides is 1. The fourth-order valence-electron chi connectivity index (χ4n) is 2.98. The van der Waals surface area contributed by atoms with Gasteiger partial charge >= 0.3 is 0 Å². The quantitative estimate of drug-likeness (QED) is 0.214. The minimum absolute atomic E-state index is 0. The smallest absolute Gasteiger partial charge is 0.224 e. The molecule has 1 atom stereocenters. The van der Waals surface area contributed by atoms with Crippen LogP contribution < -0.4 is 21.1 Å². The molecule has 0 saturated carbocycles. The van der Waals surface area contributed by atoms with Crippen molar-refractivity contribution in [2.45, 2.75) is 58.9 Å². The largest absolute Gasteiger partial charge is 0.492 e. The number of ether oxygens (including phenoxy) is 1. The van der Waals surface area contributed by atoms with Gasteiger partial charge in [-0.15, -0.1) is 24.0 Å². The third-order valence-electron chi connectivity index (χ3n) is 4.43. The highest BCUT2D eigenvalue weighted by Crippen LogP contribution is 2.26. The van der Waals surface area contributed by atoms with E-state index in [0.29, 0.717) is 31.6 Å². The number of carbonyl (C=O) groups excluding carboxylic acids is 1. The molecule has 0 radical (unpaired) electrons. The maximum Gasteiger partial charge on any atom is 0.224 e. The molecule has 152 valence electrons. The third-order valence-corrected chi connectivity index (χ3v) is 4.43. The summed E-state index contributed by atoms with van der Waals surface area (Å²) in [7, 11) is 0. The number of aryl methyl sites for hydroxylation is 1. The topological polar surface area (TPSA) is 88.7 Å². The molecule has 0 saturated heterocycles. The summed E-state index contributed by atoms with van der Waals surface area (Å²) < 4.78 is 5.74. The average Bonchev–Trinajstić information content (AvgIpc) is 2.58. The van der Waals surface area contributed by atoms with E-state index in [2.05, 4.69) is 36.4 Å². The molecule has 1 aliphatic rings. The predicted octanol–water partition coefficient (Wildman–Crippen LogP) is 3.69. The van der Waals surface area contributed by atoms with Crippen LogP contribution in [0.1, 0.15) is 52.0 Å². The number of hydrogen-bond donors (Lipinski definition) is 3. The molecule has 1 amide bonds. The Morgan fingerprint density at radius 2 is 2.07 bits per heavy atom. The van der Waals surface area contributed by atoms with Gasteiger partial charge in [0, 0.05) is 18.2 Å². The normalized spacial score (nSPS) is 14.8. The summed E-state index contributed by atoms with van der Waals surface area (Å²) >= 11 is 0. The lowest BCUT2D eigenvalue weighted by Gasteiger charge is -2.17. The number of guanidine groups is 1. The first-order valence-corrected chi connectivity index (χ1v) is 9.56. The van der Waals surface area contributed by atoms with Gasteiger partial charge in [0.05, 0.1) is 6.54 Å². The number of nitrogens with zero attached hydrogens (tertiary/aromatic N) is 1. The summed E-state index contributed by atoms with van der Waals surface area (Å²) in [6.07, 6.45) is 4.80. The summed E-state index contributed by atoms with van der Waals surface area (Å²) in [6, 6.07) is 6.07. The fourth-order valence-corrected chi connectivity index (χ4v) is 2.98. The monoisotopic (exact) mass is 488 g/mol. The standard InChI is InChI=1S/C20H32N4O2.HI/c1-14(2)5-4-6-15(3)23-20(21)22-11-12-26-17-8-9-18-16(13-17)7-10-19(25)24-18;/h8-9,13-15H,4-7,10-12H2,1-3H3,(H,24,25)(H3,21,22,23);1H. The number of carbonyl (C=O) groups is 1. The van der Waals surface area contributed by atoms with Crippen molar-refractivity contribution < 1.29 is 9.53 Å². The van der Waals surface area contributed by atoms with Crippen LogP contribution >= 0.6 is 24.0 Å². The van der Waals surface area contributed by atoms with Crippen LogP contribution in [0.5, 0.6) is 5.75 Å². The van der Waals surface area contributed by atoms with Crippen molar-refractivity contribution >= 4 is 41.5 Å². The van der Waals surface area contributed by atoms with E-state index in [1.54, 1.807) is 0 Å². The van der Waals surface area contributed by atoms with Crippen molar-refractivity contribution in [3.05, 3.63) is 23.8 Å². The Hall–Kier alpha value is -1.51. The van der Waals surface area contributed by atoms with Crippen LogP contribution in [0.25, 0.3) is 0 Å². The Morgan fingerprint density at radius 3 is 2.81 bits per heavy atom. The molecule has 1 aliphatic heterocycles. The zero-order valence-corrected chi connectivity index (χ0v) is 18.9. The Kier molecular flexibility index (Phi) is 10.5. The van der Waals surface area contributed by atoms with Gasteiger partial charge in [0.1, 0.15) is 12.4 Å². The molecule has 1 unspecified atom stereocenters. The summed E-state index contributed by atoms with van der Waals surface area (Å²) in [5.74, 6) is 2.08. The Balaban J connectivity index is 0.00000364. The van der Waals surface area contributed by atoms with E-state index in [9.17, 15) is 4.79 Å². The minimum Gasteiger partial charge on any atom is -0.492 e. The zero-order chi connectivity index (χ0) is 18.9. The number of nitrogens with two attached hydrogens (primary N) is 1. The average molecular weight is 488 g/mol. The van der Waals surface area contributed by atoms with Crippen molar-refractivity contribution in [1.29, 1.82) is 0 Å². The zero-order valence-electron chi connectivity index (χ0n) is 16.6. The molecule has 0 aliphatic carbocycles. The molecule has 7 heteroatoms. The highest BCUT2D eigenvalue weighted by molar-refractivity contribution is 14.0. The molecule has 0 spiro atoms. The molecule has 0 fully saturated rings. The third kappa shape index (κ3) is 8.81. The van der Waals surface area contributed by atoms with E-state index < -0.39 is 0 Å². The molecule has 1 aromatic carbocycles. The Morgan fingerprint density at radius 1 is 1.30 bits per heavy atom. The molecule has 0 bridgehead atoms. The first-order valence-electron chi connectivity index (χ1n) is 9.56. The fraction of sp³-hybridized carbons (Fsp3) is 0.600. The van der Waals surface area contributed by atoms with Gasteiger partial charge in [0.15, 0.2) is 5.96 Å². The summed E-state index contributed by atoms with van der Waals surface area (Å²) in [6.45, 7) is 7.59. The number of rotatable bonds is 9. The molecule has 6 nitrogen and oxygen atoms in total. The van der Waals surface area contributed by atoms with Gasteiger partial charge in [0.2, 0.25) is 5.91 Å². The van der Waals surface area contributed by atoms with E-state index in [1.165, 1.54) is 12.8 Å². The number of aliphatic imine (C=N–C) groups is 1. The van der Waals surface area contributed by atoms with E-state index in [0.717, 1.165) is 35.8 Å². The second-order valence-electron chi connectivity index (χ2n) is 7.35. The van der Waals surface area contributed by atoms with E-state index in [-0.39, 0.29) is 29.9 Å². The number of fused-ring (bicyclic) bond motifs is 1. The van der Waals surface area contributed by atoms with Gasteiger partial charge in [-0.3, -0.25) is 4.79 Å². The van der Waals surface area contributed by atoms with E-state index >= 15 is 0 Å². The minimum atomic E-state index is 0. The summed E-state index contributed by atoms with van der Waals surface area (Å²) in [5.41, 5.74) is 7.93. The lowest BCUT2D eigenvalue weighted by atomic mass is 10.0. The lowest BCUT2D eigenvalue weighted by Crippen LogP contribution is -2.38. The van der Waals surface area contributed by atoms with Crippen LogP contribution in [0.3, 0.4) is 0 Å². The van der Waals surface area contributed by atoms with Crippen molar-refractivity contribution in [1.82, 2.24) is 5.32 Å². The predicted molar refractivity (Wildman–Crippen MR) is 122 cm³/mol. The van der Waals surface area contributed by atoms with Crippen molar-refractivity contribution in [3.8, 4) is 5.75 Å². The SMILES string of the molecule is CC(C)CCCC(C)NC(N)=NCCOc1ccc2c(c1)CCC(=O)N2.I. The van der Waals surface area contributed by atoms with Gasteiger partial charge in [-0.2, -0.15) is 0 Å². The first-order chi connectivity index (χ1) is 12.4. The van der Waals surface area contributed by atoms with E-state index in [4.69, 9.17) is 10.5 Å². The van der Waals surface area contributed by atoms with Gasteiger partial charge < -0.3 is 21.1 Å². The Labute approximate surface area is 179 Å². The molecular formula is C20H33IN4O2. The van der Waals surface area contributed by atoms with Crippen LogP contribution in [0.15, 0.2) is 23.2 Å². The van der Waals surface area contributed by atoms with E-state index in [1.807, 2.05) is 18.2 Å². The highest BCUT2D eigenvalue weighted by atomic mass is 127. The molecule has 27 heavy (non-hydrogen) atoms. The van der Waals surface area contributed by atoms with Crippen LogP contribution in [0.2, 0.25) is 0 Å². The molecule has 4 N–H and O–H groups in total. The maximum absolute atomic E-state index is 11.4. The second kappa shape index (κ2) is 12.0. The number of nitrogens with one attached hydrogen (secondary N) is 2. The second-order valence-corrected chi connectivity index (χ2v) is 7.35. The molecule has 2 rings (SSSR count). The van der Waals surface area contributed by atoms with Crippen LogP contribution in [-0.4, -0.2) is 31.1 Å². The van der Waals surface area contributed by atoms with Crippen LogP contribution in [0, 0.1) is 5.92 Å². The summed E-state index contributed by atoms with van der Waals surface area (Å²) in [5, 5.41) is 6.10. The number of hydrogen-bond acceptors (Lipinski definition) is 3. The van der Waals surface area contributed by atoms with Crippen molar-refractivity contribution in [3.63, 3.8) is 0 Å².